The molecule has 0 saturated heterocycles. The van der Waals surface area contributed by atoms with E-state index in [4.69, 9.17) is 5.73 Å². The fourth-order valence-corrected chi connectivity index (χ4v) is 3.78. The molecule has 0 radical (unpaired) electrons. The lowest BCUT2D eigenvalue weighted by atomic mass is 10.1. The minimum absolute atomic E-state index is 0.188. The van der Waals surface area contributed by atoms with Crippen molar-refractivity contribution in [2.45, 2.75) is 32.1 Å². The van der Waals surface area contributed by atoms with Crippen LogP contribution in [-0.4, -0.2) is 33.9 Å². The number of thiazole rings is 1. The van der Waals surface area contributed by atoms with Gasteiger partial charge in [-0.25, -0.2) is 4.98 Å². The van der Waals surface area contributed by atoms with E-state index in [0.29, 0.717) is 13.0 Å². The normalized spacial score (nSPS) is 12.4. The van der Waals surface area contributed by atoms with Gasteiger partial charge < -0.3 is 11.1 Å². The van der Waals surface area contributed by atoms with Crippen LogP contribution in [0.5, 0.6) is 0 Å². The summed E-state index contributed by atoms with van der Waals surface area (Å²) < 4.78 is 0. The van der Waals surface area contributed by atoms with Crippen molar-refractivity contribution in [1.29, 1.82) is 0 Å². The monoisotopic (exact) mass is 339 g/mol. The van der Waals surface area contributed by atoms with Gasteiger partial charge in [0.2, 0.25) is 5.91 Å². The smallest absolute Gasteiger partial charge is 0.241 e. The van der Waals surface area contributed by atoms with Crippen LogP contribution in [0.25, 0.3) is 0 Å². The summed E-state index contributed by atoms with van der Waals surface area (Å²) in [5, 5.41) is 13.0. The number of nitrogens with zero attached hydrogens (tertiary/aromatic N) is 2. The summed E-state index contributed by atoms with van der Waals surface area (Å²) in [7, 11) is 0. The molecule has 120 valence electrons. The number of hydrogen-bond acceptors (Lipinski definition) is 6. The largest absolute Gasteiger partial charge is 0.354 e. The topological polar surface area (TPSA) is 96.7 Å². The van der Waals surface area contributed by atoms with Crippen molar-refractivity contribution in [2.24, 2.45) is 5.73 Å². The van der Waals surface area contributed by atoms with Crippen LogP contribution in [0.2, 0.25) is 0 Å². The van der Waals surface area contributed by atoms with Crippen LogP contribution in [0.15, 0.2) is 5.38 Å². The zero-order chi connectivity index (χ0) is 16.1. The Morgan fingerprint density at radius 2 is 2.32 bits per heavy atom. The van der Waals surface area contributed by atoms with Gasteiger partial charge in [0.15, 0.2) is 0 Å². The van der Waals surface area contributed by atoms with E-state index in [1.165, 1.54) is 0 Å². The second kappa shape index (κ2) is 7.75. The second-order valence-corrected chi connectivity index (χ2v) is 6.84. The maximum atomic E-state index is 12.1. The van der Waals surface area contributed by atoms with Crippen LogP contribution in [0.3, 0.4) is 0 Å². The quantitative estimate of drug-likeness (QED) is 0.713. The van der Waals surface area contributed by atoms with E-state index < -0.39 is 6.04 Å². The predicted molar refractivity (Wildman–Crippen MR) is 91.0 cm³/mol. The summed E-state index contributed by atoms with van der Waals surface area (Å²) >= 11 is 3.41. The maximum absolute atomic E-state index is 12.1. The Bertz CT molecular complexity index is 617. The van der Waals surface area contributed by atoms with Crippen molar-refractivity contribution >= 4 is 29.0 Å². The zero-order valence-corrected chi connectivity index (χ0v) is 14.6. The fourth-order valence-electron chi connectivity index (χ4n) is 2.23. The molecule has 0 aliphatic heterocycles. The number of nitrogens with two attached hydrogens (primary N) is 1. The van der Waals surface area contributed by atoms with Crippen molar-refractivity contribution in [1.82, 2.24) is 20.5 Å². The van der Waals surface area contributed by atoms with Crippen molar-refractivity contribution in [3.8, 4) is 0 Å². The Morgan fingerprint density at radius 1 is 1.55 bits per heavy atom. The summed E-state index contributed by atoms with van der Waals surface area (Å²) in [4.78, 5) is 16.7. The molecule has 6 nitrogen and oxygen atoms in total. The number of nitrogens with one attached hydrogen (secondary N) is 2. The minimum Gasteiger partial charge on any atom is -0.354 e. The molecule has 0 fully saturated rings. The van der Waals surface area contributed by atoms with E-state index in [9.17, 15) is 4.79 Å². The van der Waals surface area contributed by atoms with Gasteiger partial charge in [0.25, 0.3) is 0 Å². The molecular formula is C14H21N5OS2. The van der Waals surface area contributed by atoms with Gasteiger partial charge in [-0.05, 0) is 20.1 Å². The first-order valence-electron chi connectivity index (χ1n) is 7.00. The molecule has 0 aliphatic rings. The molecular weight excluding hydrogens is 318 g/mol. The Labute approximate surface area is 138 Å². The van der Waals surface area contributed by atoms with Gasteiger partial charge in [-0.1, -0.05) is 0 Å². The summed E-state index contributed by atoms with van der Waals surface area (Å²) in [6, 6.07) is -0.693. The SMILES string of the molecule is CSCc1nc(CCNC(=O)C(N)c2c(C)n[nH]c2C)cs1. The van der Waals surface area contributed by atoms with E-state index in [1.54, 1.807) is 23.1 Å². The lowest BCUT2D eigenvalue weighted by Crippen LogP contribution is -2.35. The molecule has 2 rings (SSSR count). The Hall–Kier alpha value is -1.38. The van der Waals surface area contributed by atoms with E-state index in [2.05, 4.69) is 26.8 Å². The van der Waals surface area contributed by atoms with E-state index >= 15 is 0 Å². The van der Waals surface area contributed by atoms with Crippen LogP contribution in [0.4, 0.5) is 0 Å². The van der Waals surface area contributed by atoms with E-state index in [-0.39, 0.29) is 5.91 Å². The Kier molecular flexibility index (Phi) is 5.98. The Balaban J connectivity index is 1.84. The molecule has 1 atom stereocenters. The molecule has 8 heteroatoms. The number of aromatic nitrogens is 3. The van der Waals surface area contributed by atoms with Crippen LogP contribution in [0, 0.1) is 13.8 Å². The molecule has 2 aromatic rings. The van der Waals surface area contributed by atoms with Crippen molar-refractivity contribution in [2.75, 3.05) is 12.8 Å². The highest BCUT2D eigenvalue weighted by Crippen LogP contribution is 2.18. The Morgan fingerprint density at radius 3 is 2.95 bits per heavy atom. The lowest BCUT2D eigenvalue weighted by Gasteiger charge is -2.12. The number of hydrogen-bond donors (Lipinski definition) is 3. The molecule has 1 unspecified atom stereocenters. The zero-order valence-electron chi connectivity index (χ0n) is 13.0. The number of carbonyl (C=O) groups excluding carboxylic acids is 1. The average Bonchev–Trinajstić information content (AvgIpc) is 3.06. The second-order valence-electron chi connectivity index (χ2n) is 5.03. The summed E-state index contributed by atoms with van der Waals surface area (Å²) in [6.07, 6.45) is 2.77. The van der Waals surface area contributed by atoms with Gasteiger partial charge in [-0.2, -0.15) is 16.9 Å². The molecule has 0 aromatic carbocycles. The highest BCUT2D eigenvalue weighted by atomic mass is 32.2. The van der Waals surface area contributed by atoms with Crippen molar-refractivity contribution in [3.05, 3.63) is 33.0 Å². The standard InChI is InChI=1S/C14H21N5OS2/c1-8-12(9(2)19-18-8)13(15)14(20)16-5-4-10-6-22-11(17-10)7-21-3/h6,13H,4-5,7,15H2,1-3H3,(H,16,20)(H,18,19). The highest BCUT2D eigenvalue weighted by Gasteiger charge is 2.21. The first-order valence-corrected chi connectivity index (χ1v) is 9.27. The van der Waals surface area contributed by atoms with Gasteiger partial charge in [0, 0.05) is 35.4 Å². The van der Waals surface area contributed by atoms with E-state index in [1.807, 2.05) is 19.2 Å². The molecule has 0 bridgehead atoms. The number of H-pyrrole nitrogens is 1. The first-order chi connectivity index (χ1) is 10.5. The van der Waals surface area contributed by atoms with Crippen LogP contribution >= 0.6 is 23.1 Å². The predicted octanol–water partition coefficient (Wildman–Crippen LogP) is 1.70. The van der Waals surface area contributed by atoms with Gasteiger partial charge in [-0.3, -0.25) is 9.89 Å². The number of thioether (sulfide) groups is 1. The average molecular weight is 339 g/mol. The molecule has 4 N–H and O–H groups in total. The number of aryl methyl sites for hydroxylation is 2. The number of aromatic amines is 1. The summed E-state index contributed by atoms with van der Waals surface area (Å²) in [5.74, 6) is 0.744. The van der Waals surface area contributed by atoms with Gasteiger partial charge in [-0.15, -0.1) is 11.3 Å². The van der Waals surface area contributed by atoms with Gasteiger partial charge >= 0.3 is 0 Å². The number of rotatable bonds is 7. The number of carbonyl (C=O) groups is 1. The molecule has 2 aromatic heterocycles. The fraction of sp³-hybridized carbons (Fsp3) is 0.500. The van der Waals surface area contributed by atoms with E-state index in [0.717, 1.165) is 33.4 Å². The molecule has 0 spiro atoms. The summed E-state index contributed by atoms with van der Waals surface area (Å²) in [6.45, 7) is 4.24. The van der Waals surface area contributed by atoms with Crippen LogP contribution in [-0.2, 0) is 17.0 Å². The lowest BCUT2D eigenvalue weighted by molar-refractivity contribution is -0.122. The minimum atomic E-state index is -0.693. The van der Waals surface area contributed by atoms with Crippen molar-refractivity contribution in [3.63, 3.8) is 0 Å². The third kappa shape index (κ3) is 4.08. The first kappa shape index (κ1) is 17.0. The third-order valence-electron chi connectivity index (χ3n) is 3.33. The number of amides is 1. The molecule has 2 heterocycles. The third-order valence-corrected chi connectivity index (χ3v) is 4.97. The van der Waals surface area contributed by atoms with Gasteiger partial charge in [0.1, 0.15) is 11.0 Å². The van der Waals surface area contributed by atoms with Crippen LogP contribution in [0.1, 0.15) is 33.7 Å². The maximum Gasteiger partial charge on any atom is 0.241 e. The van der Waals surface area contributed by atoms with Crippen LogP contribution < -0.4 is 11.1 Å². The molecule has 0 aliphatic carbocycles. The summed E-state index contributed by atoms with van der Waals surface area (Å²) in [5.41, 5.74) is 9.40. The molecule has 0 saturated carbocycles. The highest BCUT2D eigenvalue weighted by molar-refractivity contribution is 7.97. The molecule has 22 heavy (non-hydrogen) atoms. The molecule has 1 amide bonds. The van der Waals surface area contributed by atoms with Crippen molar-refractivity contribution < 1.29 is 4.79 Å². The van der Waals surface area contributed by atoms with Gasteiger partial charge in [0.05, 0.1) is 11.4 Å².